The SMILES string of the molecule is COc1ccc(Oc2ccc(N3C(=S)N[C@@H](c4ccccn4)[C@H]3c3ccc(-c4ccc(F)cc4)o3)cc2)cc1. The van der Waals surface area contributed by atoms with Crippen LogP contribution < -0.4 is 19.7 Å². The van der Waals surface area contributed by atoms with E-state index >= 15 is 0 Å². The summed E-state index contributed by atoms with van der Waals surface area (Å²) in [6.45, 7) is 0. The highest BCUT2D eigenvalue weighted by atomic mass is 32.1. The molecular weight excluding hydrogens is 513 g/mol. The molecule has 2 aromatic heterocycles. The van der Waals surface area contributed by atoms with E-state index in [9.17, 15) is 4.39 Å². The van der Waals surface area contributed by atoms with Gasteiger partial charge in [-0.05, 0) is 109 Å². The molecule has 5 aromatic rings. The van der Waals surface area contributed by atoms with Crippen LogP contribution in [0.25, 0.3) is 11.3 Å². The van der Waals surface area contributed by atoms with Gasteiger partial charge >= 0.3 is 0 Å². The number of benzene rings is 3. The van der Waals surface area contributed by atoms with E-state index in [1.165, 1.54) is 12.1 Å². The van der Waals surface area contributed by atoms with Gasteiger partial charge in [-0.25, -0.2) is 4.39 Å². The number of thiocarbonyl (C=S) groups is 1. The second-order valence-electron chi connectivity index (χ2n) is 8.98. The fourth-order valence-corrected chi connectivity index (χ4v) is 5.00. The second-order valence-corrected chi connectivity index (χ2v) is 9.36. The van der Waals surface area contributed by atoms with Crippen LogP contribution in [0.3, 0.4) is 0 Å². The molecule has 0 saturated carbocycles. The normalized spacial score (nSPS) is 16.7. The summed E-state index contributed by atoms with van der Waals surface area (Å²) < 4.78 is 31.0. The average Bonchev–Trinajstić information content (AvgIpc) is 3.59. The number of nitrogens with one attached hydrogen (secondary N) is 1. The largest absolute Gasteiger partial charge is 0.497 e. The number of anilines is 1. The molecule has 39 heavy (non-hydrogen) atoms. The lowest BCUT2D eigenvalue weighted by atomic mass is 10.0. The molecule has 0 unspecified atom stereocenters. The van der Waals surface area contributed by atoms with E-state index in [0.717, 1.165) is 22.7 Å². The zero-order valence-corrected chi connectivity index (χ0v) is 21.8. The number of hydrogen-bond acceptors (Lipinski definition) is 5. The van der Waals surface area contributed by atoms with E-state index in [0.29, 0.717) is 28.1 Å². The summed E-state index contributed by atoms with van der Waals surface area (Å²) >= 11 is 5.81. The zero-order chi connectivity index (χ0) is 26.8. The molecule has 0 amide bonds. The molecule has 3 aromatic carbocycles. The Bertz CT molecular complexity index is 1570. The smallest absolute Gasteiger partial charge is 0.174 e. The first-order chi connectivity index (χ1) is 19.1. The van der Waals surface area contributed by atoms with Crippen molar-refractivity contribution in [2.45, 2.75) is 12.1 Å². The van der Waals surface area contributed by atoms with Gasteiger partial charge in [0.15, 0.2) is 5.11 Å². The highest BCUT2D eigenvalue weighted by molar-refractivity contribution is 7.80. The molecule has 0 spiro atoms. The van der Waals surface area contributed by atoms with Crippen LogP contribution in [0.15, 0.2) is 114 Å². The van der Waals surface area contributed by atoms with E-state index in [-0.39, 0.29) is 17.9 Å². The van der Waals surface area contributed by atoms with Crippen molar-refractivity contribution >= 4 is 23.0 Å². The number of hydrogen-bond donors (Lipinski definition) is 1. The maximum absolute atomic E-state index is 13.5. The Morgan fingerprint density at radius 2 is 1.54 bits per heavy atom. The Morgan fingerprint density at radius 3 is 2.21 bits per heavy atom. The highest BCUT2D eigenvalue weighted by Crippen LogP contribution is 2.43. The minimum absolute atomic E-state index is 0.249. The second kappa shape index (κ2) is 10.6. The number of aromatic nitrogens is 1. The van der Waals surface area contributed by atoms with E-state index in [1.54, 1.807) is 25.4 Å². The monoisotopic (exact) mass is 537 g/mol. The van der Waals surface area contributed by atoms with E-state index in [2.05, 4.69) is 10.3 Å². The van der Waals surface area contributed by atoms with Crippen molar-refractivity contribution in [2.24, 2.45) is 0 Å². The first kappa shape index (κ1) is 24.6. The van der Waals surface area contributed by atoms with Crippen molar-refractivity contribution in [2.75, 3.05) is 12.0 Å². The van der Waals surface area contributed by atoms with Crippen molar-refractivity contribution in [3.05, 3.63) is 127 Å². The van der Waals surface area contributed by atoms with Gasteiger partial charge in [-0.15, -0.1) is 0 Å². The number of ether oxygens (including phenoxy) is 2. The molecule has 6 rings (SSSR count). The van der Waals surface area contributed by atoms with E-state index < -0.39 is 0 Å². The van der Waals surface area contributed by atoms with Crippen LogP contribution in [-0.4, -0.2) is 17.2 Å². The lowest BCUT2D eigenvalue weighted by Gasteiger charge is -2.26. The Kier molecular flexibility index (Phi) is 6.69. The van der Waals surface area contributed by atoms with Crippen molar-refractivity contribution in [1.82, 2.24) is 10.3 Å². The van der Waals surface area contributed by atoms with Gasteiger partial charge in [-0.2, -0.15) is 0 Å². The molecule has 8 heteroatoms. The predicted molar refractivity (Wildman–Crippen MR) is 152 cm³/mol. The van der Waals surface area contributed by atoms with Crippen molar-refractivity contribution < 1.29 is 18.3 Å². The first-order valence-corrected chi connectivity index (χ1v) is 12.8. The molecule has 0 aliphatic carbocycles. The van der Waals surface area contributed by atoms with Crippen LogP contribution in [0.1, 0.15) is 23.5 Å². The lowest BCUT2D eigenvalue weighted by molar-refractivity contribution is 0.413. The number of nitrogens with zero attached hydrogens (tertiary/aromatic N) is 2. The standard InChI is InChI=1S/C31H24FN3O3S/c1-36-23-13-15-25(16-14-23)37-24-11-9-22(10-12-24)35-30(29(34-31(35)39)26-4-2-3-19-33-26)28-18-17-27(38-28)20-5-7-21(32)8-6-20/h2-19,29-30H,1H3,(H,34,39)/t29-,30+/m0/s1. The van der Waals surface area contributed by atoms with Crippen LogP contribution in [0.4, 0.5) is 10.1 Å². The number of methoxy groups -OCH3 is 1. The molecule has 1 N–H and O–H groups in total. The summed E-state index contributed by atoms with van der Waals surface area (Å²) in [7, 11) is 1.63. The van der Waals surface area contributed by atoms with Crippen molar-refractivity contribution in [1.29, 1.82) is 0 Å². The van der Waals surface area contributed by atoms with Crippen LogP contribution in [-0.2, 0) is 0 Å². The molecule has 0 radical (unpaired) electrons. The third-order valence-electron chi connectivity index (χ3n) is 6.56. The zero-order valence-electron chi connectivity index (χ0n) is 21.0. The number of rotatable bonds is 7. The summed E-state index contributed by atoms with van der Waals surface area (Å²) in [5.41, 5.74) is 2.50. The Balaban J connectivity index is 1.32. The molecule has 1 aliphatic rings. The molecule has 1 fully saturated rings. The van der Waals surface area contributed by atoms with Crippen LogP contribution in [0, 0.1) is 5.82 Å². The molecule has 2 atom stereocenters. The third-order valence-corrected chi connectivity index (χ3v) is 6.87. The van der Waals surface area contributed by atoms with Gasteiger partial charge in [0.1, 0.15) is 40.6 Å². The minimum Gasteiger partial charge on any atom is -0.497 e. The minimum atomic E-state index is -0.310. The Hall–Kier alpha value is -4.69. The van der Waals surface area contributed by atoms with Gasteiger partial charge in [0.25, 0.3) is 0 Å². The molecule has 6 nitrogen and oxygen atoms in total. The topological polar surface area (TPSA) is 59.8 Å². The highest BCUT2D eigenvalue weighted by Gasteiger charge is 2.42. The Morgan fingerprint density at radius 1 is 0.846 bits per heavy atom. The average molecular weight is 538 g/mol. The molecule has 1 aliphatic heterocycles. The van der Waals surface area contributed by atoms with Gasteiger partial charge in [0.05, 0.1) is 18.8 Å². The van der Waals surface area contributed by atoms with Crippen LogP contribution in [0.5, 0.6) is 17.2 Å². The van der Waals surface area contributed by atoms with Crippen molar-refractivity contribution in [3.63, 3.8) is 0 Å². The van der Waals surface area contributed by atoms with E-state index in [4.69, 9.17) is 26.1 Å². The maximum atomic E-state index is 13.5. The Labute approximate surface area is 230 Å². The first-order valence-electron chi connectivity index (χ1n) is 12.4. The summed E-state index contributed by atoms with van der Waals surface area (Å²) in [4.78, 5) is 6.61. The van der Waals surface area contributed by atoms with Gasteiger partial charge in [0, 0.05) is 17.4 Å². The van der Waals surface area contributed by atoms with Crippen LogP contribution >= 0.6 is 12.2 Å². The summed E-state index contributed by atoms with van der Waals surface area (Å²) in [6, 6.07) is 30.4. The van der Waals surface area contributed by atoms with Gasteiger partial charge < -0.3 is 24.1 Å². The molecular formula is C31H24FN3O3S. The molecule has 194 valence electrons. The third kappa shape index (κ3) is 5.06. The summed E-state index contributed by atoms with van der Waals surface area (Å²) in [6.07, 6.45) is 1.76. The van der Waals surface area contributed by atoms with Crippen molar-refractivity contribution in [3.8, 4) is 28.6 Å². The number of pyridine rings is 1. The maximum Gasteiger partial charge on any atom is 0.174 e. The fourth-order valence-electron chi connectivity index (χ4n) is 4.66. The quantitative estimate of drug-likeness (QED) is 0.216. The number of furan rings is 1. The lowest BCUT2D eigenvalue weighted by Crippen LogP contribution is -2.29. The summed E-state index contributed by atoms with van der Waals surface area (Å²) in [5, 5.41) is 3.99. The molecule has 0 bridgehead atoms. The van der Waals surface area contributed by atoms with Gasteiger partial charge in [-0.1, -0.05) is 6.07 Å². The van der Waals surface area contributed by atoms with Gasteiger partial charge in [-0.3, -0.25) is 4.98 Å². The van der Waals surface area contributed by atoms with Gasteiger partial charge in [0.2, 0.25) is 0 Å². The van der Waals surface area contributed by atoms with E-state index in [1.807, 2.05) is 83.8 Å². The van der Waals surface area contributed by atoms with Crippen LogP contribution in [0.2, 0.25) is 0 Å². The fraction of sp³-hybridized carbons (Fsp3) is 0.0968. The number of halogens is 1. The molecule has 1 saturated heterocycles. The molecule has 3 heterocycles. The predicted octanol–water partition coefficient (Wildman–Crippen LogP) is 7.46. The summed E-state index contributed by atoms with van der Waals surface area (Å²) in [5.74, 6) is 3.22.